The van der Waals surface area contributed by atoms with E-state index in [2.05, 4.69) is 23.1 Å². The minimum atomic E-state index is -0.466. The number of halogens is 1. The first kappa shape index (κ1) is 9.82. The number of rotatable bonds is 1. The van der Waals surface area contributed by atoms with Crippen molar-refractivity contribution in [3.63, 3.8) is 0 Å². The lowest BCUT2D eigenvalue weighted by Crippen LogP contribution is -2.44. The summed E-state index contributed by atoms with van der Waals surface area (Å²) in [6.07, 6.45) is 1.30. The van der Waals surface area contributed by atoms with Crippen LogP contribution in [0.3, 0.4) is 0 Å². The fourth-order valence-electron chi connectivity index (χ4n) is 0.641. The van der Waals surface area contributed by atoms with Gasteiger partial charge in [-0.15, -0.1) is 0 Å². The second-order valence-corrected chi connectivity index (χ2v) is 2.83. The molecule has 4 N–H and O–H groups in total. The molecule has 0 aliphatic rings. The summed E-state index contributed by atoms with van der Waals surface area (Å²) < 4.78 is 4.71. The SMILES string of the molecule is NC(=S)NNC(=O)c1ccoc1Cl. The number of hydrogen-bond acceptors (Lipinski definition) is 3. The zero-order chi connectivity index (χ0) is 9.84. The molecular formula is C6H6ClN3O2S. The van der Waals surface area contributed by atoms with E-state index >= 15 is 0 Å². The van der Waals surface area contributed by atoms with Crippen LogP contribution < -0.4 is 16.6 Å². The summed E-state index contributed by atoms with van der Waals surface area (Å²) in [5.74, 6) is -0.466. The zero-order valence-corrected chi connectivity index (χ0v) is 7.91. The first-order valence-corrected chi connectivity index (χ1v) is 3.98. The van der Waals surface area contributed by atoms with Gasteiger partial charge in [0.1, 0.15) is 0 Å². The monoisotopic (exact) mass is 219 g/mol. The molecule has 1 rings (SSSR count). The van der Waals surface area contributed by atoms with Gasteiger partial charge in [0.2, 0.25) is 5.22 Å². The predicted octanol–water partition coefficient (Wildman–Crippen LogP) is 0.411. The molecule has 1 aromatic heterocycles. The Kier molecular flexibility index (Phi) is 3.10. The molecule has 70 valence electrons. The van der Waals surface area contributed by atoms with Crippen molar-refractivity contribution in [3.8, 4) is 0 Å². The van der Waals surface area contributed by atoms with E-state index < -0.39 is 5.91 Å². The normalized spacial score (nSPS) is 9.31. The standard InChI is InChI=1S/C6H6ClN3O2S/c7-4-3(1-2-12-4)5(11)9-10-6(8)13/h1-2H,(H,9,11)(H3,8,10,13). The molecule has 1 heterocycles. The zero-order valence-electron chi connectivity index (χ0n) is 6.33. The van der Waals surface area contributed by atoms with Crippen molar-refractivity contribution in [2.75, 3.05) is 0 Å². The molecule has 1 aromatic rings. The van der Waals surface area contributed by atoms with Gasteiger partial charge >= 0.3 is 0 Å². The molecule has 0 bridgehead atoms. The van der Waals surface area contributed by atoms with E-state index in [1.807, 2.05) is 0 Å². The average molecular weight is 220 g/mol. The first-order chi connectivity index (χ1) is 6.11. The molecular weight excluding hydrogens is 214 g/mol. The minimum Gasteiger partial charge on any atom is -0.452 e. The van der Waals surface area contributed by atoms with E-state index in [-0.39, 0.29) is 15.9 Å². The number of amides is 1. The van der Waals surface area contributed by atoms with E-state index in [1.165, 1.54) is 12.3 Å². The fourth-order valence-corrected chi connectivity index (χ4v) is 0.893. The van der Waals surface area contributed by atoms with Gasteiger partial charge in [0, 0.05) is 0 Å². The molecule has 0 saturated heterocycles. The van der Waals surface area contributed by atoms with E-state index in [4.69, 9.17) is 21.8 Å². The third kappa shape index (κ3) is 2.60. The Morgan fingerprint density at radius 3 is 2.77 bits per heavy atom. The quantitative estimate of drug-likeness (QED) is 0.471. The maximum atomic E-state index is 11.2. The van der Waals surface area contributed by atoms with Gasteiger partial charge in [-0.05, 0) is 29.9 Å². The second-order valence-electron chi connectivity index (χ2n) is 2.05. The van der Waals surface area contributed by atoms with Gasteiger partial charge in [-0.2, -0.15) is 0 Å². The summed E-state index contributed by atoms with van der Waals surface area (Å²) >= 11 is 10.0. The Bertz CT molecular complexity index is 338. The van der Waals surface area contributed by atoms with Crippen molar-refractivity contribution < 1.29 is 9.21 Å². The van der Waals surface area contributed by atoms with Crippen LogP contribution in [0.15, 0.2) is 16.7 Å². The fraction of sp³-hybridized carbons (Fsp3) is 0. The van der Waals surface area contributed by atoms with E-state index in [0.29, 0.717) is 0 Å². The lowest BCUT2D eigenvalue weighted by Gasteiger charge is -2.03. The molecule has 7 heteroatoms. The Morgan fingerprint density at radius 1 is 1.62 bits per heavy atom. The van der Waals surface area contributed by atoms with Crippen molar-refractivity contribution in [3.05, 3.63) is 23.1 Å². The van der Waals surface area contributed by atoms with Crippen LogP contribution in [0, 0.1) is 0 Å². The smallest absolute Gasteiger partial charge is 0.274 e. The number of carbonyl (C=O) groups excluding carboxylic acids is 1. The van der Waals surface area contributed by atoms with Gasteiger partial charge in [0.15, 0.2) is 5.11 Å². The molecule has 0 saturated carbocycles. The molecule has 0 aromatic carbocycles. The number of nitrogens with two attached hydrogens (primary N) is 1. The minimum absolute atomic E-state index is 0.0160. The van der Waals surface area contributed by atoms with Gasteiger partial charge in [-0.3, -0.25) is 15.6 Å². The highest BCUT2D eigenvalue weighted by Gasteiger charge is 2.11. The van der Waals surface area contributed by atoms with Crippen molar-refractivity contribution in [1.82, 2.24) is 10.9 Å². The lowest BCUT2D eigenvalue weighted by molar-refractivity contribution is 0.0943. The Labute approximate surface area is 84.2 Å². The van der Waals surface area contributed by atoms with Gasteiger partial charge in [-0.1, -0.05) is 0 Å². The molecule has 0 unspecified atom stereocenters. The van der Waals surface area contributed by atoms with Gasteiger partial charge in [0.25, 0.3) is 5.91 Å². The topological polar surface area (TPSA) is 80.3 Å². The summed E-state index contributed by atoms with van der Waals surface area (Å²) in [6, 6.07) is 1.43. The van der Waals surface area contributed by atoms with Crippen molar-refractivity contribution in [2.24, 2.45) is 5.73 Å². The molecule has 0 aliphatic heterocycles. The number of nitrogens with one attached hydrogen (secondary N) is 2. The molecule has 0 aliphatic carbocycles. The van der Waals surface area contributed by atoms with Crippen LogP contribution in [0.25, 0.3) is 0 Å². The predicted molar refractivity (Wildman–Crippen MR) is 51.1 cm³/mol. The molecule has 5 nitrogen and oxygen atoms in total. The van der Waals surface area contributed by atoms with E-state index in [9.17, 15) is 4.79 Å². The van der Waals surface area contributed by atoms with E-state index in [0.717, 1.165) is 0 Å². The van der Waals surface area contributed by atoms with Crippen LogP contribution in [-0.2, 0) is 0 Å². The molecule has 0 fully saturated rings. The summed E-state index contributed by atoms with van der Waals surface area (Å²) in [4.78, 5) is 11.2. The Hall–Kier alpha value is -1.27. The second kappa shape index (κ2) is 4.11. The van der Waals surface area contributed by atoms with Crippen molar-refractivity contribution in [2.45, 2.75) is 0 Å². The number of hydrogen-bond donors (Lipinski definition) is 3. The maximum Gasteiger partial charge on any atom is 0.274 e. The highest BCUT2D eigenvalue weighted by molar-refractivity contribution is 7.80. The van der Waals surface area contributed by atoms with Crippen LogP contribution in [0.4, 0.5) is 0 Å². The van der Waals surface area contributed by atoms with Crippen molar-refractivity contribution in [1.29, 1.82) is 0 Å². The van der Waals surface area contributed by atoms with E-state index in [1.54, 1.807) is 0 Å². The summed E-state index contributed by atoms with van der Waals surface area (Å²) in [5, 5.41) is -0.0183. The number of hydrazine groups is 1. The summed E-state index contributed by atoms with van der Waals surface area (Å²) in [7, 11) is 0. The molecule has 1 amide bonds. The third-order valence-electron chi connectivity index (χ3n) is 1.16. The number of carbonyl (C=O) groups is 1. The highest BCUT2D eigenvalue weighted by Crippen LogP contribution is 2.15. The average Bonchev–Trinajstić information content (AvgIpc) is 2.47. The molecule has 0 atom stereocenters. The van der Waals surface area contributed by atoms with Gasteiger partial charge in [-0.25, -0.2) is 0 Å². The van der Waals surface area contributed by atoms with Crippen LogP contribution >= 0.6 is 23.8 Å². The number of thiocarbonyl (C=S) groups is 1. The largest absolute Gasteiger partial charge is 0.452 e. The van der Waals surface area contributed by atoms with Crippen LogP contribution in [-0.4, -0.2) is 11.0 Å². The summed E-state index contributed by atoms with van der Waals surface area (Å²) in [5.41, 5.74) is 9.79. The molecule has 0 radical (unpaired) electrons. The molecule has 13 heavy (non-hydrogen) atoms. The van der Waals surface area contributed by atoms with Crippen LogP contribution in [0.5, 0.6) is 0 Å². The van der Waals surface area contributed by atoms with Crippen LogP contribution in [0.1, 0.15) is 10.4 Å². The highest BCUT2D eigenvalue weighted by atomic mass is 35.5. The Morgan fingerprint density at radius 2 is 2.31 bits per heavy atom. The maximum absolute atomic E-state index is 11.2. The van der Waals surface area contributed by atoms with Gasteiger partial charge < -0.3 is 10.2 Å². The van der Waals surface area contributed by atoms with Crippen LogP contribution in [0.2, 0.25) is 5.22 Å². The number of furan rings is 1. The third-order valence-corrected chi connectivity index (χ3v) is 1.56. The molecule has 0 spiro atoms. The summed E-state index contributed by atoms with van der Waals surface area (Å²) in [6.45, 7) is 0. The lowest BCUT2D eigenvalue weighted by atomic mass is 10.3. The Balaban J connectivity index is 2.59. The van der Waals surface area contributed by atoms with Crippen molar-refractivity contribution >= 4 is 34.8 Å². The first-order valence-electron chi connectivity index (χ1n) is 3.20. The van der Waals surface area contributed by atoms with Gasteiger partial charge in [0.05, 0.1) is 11.8 Å².